The molecule has 9 heteroatoms. The number of aryl methyl sites for hydroxylation is 1. The highest BCUT2D eigenvalue weighted by atomic mass is 79.9. The zero-order chi connectivity index (χ0) is 28.9. The Morgan fingerprint density at radius 1 is 1.23 bits per heavy atom. The van der Waals surface area contributed by atoms with E-state index in [1.54, 1.807) is 17.6 Å². The Bertz CT molecular complexity index is 1710. The highest BCUT2D eigenvalue weighted by Crippen LogP contribution is 2.47. The number of ketones is 1. The second kappa shape index (κ2) is 9.05. The number of aliphatic hydroxyl groups is 1. The van der Waals surface area contributed by atoms with Gasteiger partial charge in [-0.15, -0.1) is 0 Å². The van der Waals surface area contributed by atoms with Crippen LogP contribution >= 0.6 is 15.9 Å². The molecule has 0 spiro atoms. The number of rotatable bonds is 3. The number of aromatic nitrogens is 2. The number of nitrogens with zero attached hydrogens (tertiary/aromatic N) is 2. The molecule has 0 radical (unpaired) electrons. The summed E-state index contributed by atoms with van der Waals surface area (Å²) in [5.41, 5.74) is 2.57. The molecule has 2 aromatic heterocycles. The van der Waals surface area contributed by atoms with Crippen LogP contribution in [-0.2, 0) is 34.6 Å². The van der Waals surface area contributed by atoms with E-state index in [1.165, 1.54) is 6.07 Å². The Morgan fingerprint density at radius 3 is 2.62 bits per heavy atom. The number of fused-ring (bicyclic) bond motifs is 5. The van der Waals surface area contributed by atoms with Gasteiger partial charge in [-0.05, 0) is 64.2 Å². The third kappa shape index (κ3) is 3.76. The van der Waals surface area contributed by atoms with Crippen molar-refractivity contribution in [3.05, 3.63) is 60.6 Å². The fraction of sp³-hybridized carbons (Fsp3) is 0.484. The summed E-state index contributed by atoms with van der Waals surface area (Å²) in [5.74, 6) is -1.01. The average Bonchev–Trinajstić information content (AvgIpc) is 3.27. The molecule has 0 saturated heterocycles. The second-order valence-corrected chi connectivity index (χ2v) is 13.3. The normalized spacial score (nSPS) is 22.1. The Morgan fingerprint density at radius 2 is 1.95 bits per heavy atom. The van der Waals surface area contributed by atoms with Crippen molar-refractivity contribution in [2.24, 2.45) is 11.3 Å². The summed E-state index contributed by atoms with van der Waals surface area (Å²) in [6, 6.07) is 2.78. The van der Waals surface area contributed by atoms with Gasteiger partial charge in [-0.1, -0.05) is 34.6 Å². The molecule has 6 rings (SSSR count). The second-order valence-electron chi connectivity index (χ2n) is 12.5. The molecule has 210 valence electrons. The number of hydrogen-bond donors (Lipinski definition) is 2. The maximum atomic E-state index is 15.0. The van der Waals surface area contributed by atoms with Crippen molar-refractivity contribution in [2.75, 3.05) is 0 Å². The summed E-state index contributed by atoms with van der Waals surface area (Å²) in [4.78, 5) is 44.8. The predicted octanol–water partition coefficient (Wildman–Crippen LogP) is 5.23. The average molecular weight is 611 g/mol. The van der Waals surface area contributed by atoms with Crippen LogP contribution in [0.2, 0.25) is 0 Å². The molecule has 0 bridgehead atoms. The Balaban J connectivity index is 1.60. The maximum absolute atomic E-state index is 15.0. The first-order chi connectivity index (χ1) is 18.8. The van der Waals surface area contributed by atoms with Crippen LogP contribution in [0.15, 0.2) is 21.4 Å². The third-order valence-corrected chi connectivity index (χ3v) is 10.3. The standard InChI is InChI=1S/C31H33BrFN3O4/c1-6-31(40)18-11-22-27-17(13-36(22)29(39)15(18)8-10-23(31)37)25-20(35-28(38)14(2)30(3,4)5)9-7-16-24(25)21(34-27)12-19(33)26(16)32/h11-12,14,20,40H,6-10,13H2,1-5H3,(H,35,38)/t14-,20-,31-/m0/s1. The molecule has 0 fully saturated rings. The molecule has 1 aromatic carbocycles. The van der Waals surface area contributed by atoms with E-state index in [2.05, 4.69) is 21.2 Å². The first kappa shape index (κ1) is 27.3. The Labute approximate surface area is 240 Å². The number of nitrogens with one attached hydrogen (secondary N) is 1. The Hall–Kier alpha value is -2.91. The number of Topliss-reactive ketones (excluding diaryl/α,β-unsaturated/α-hetero) is 1. The molecular weight excluding hydrogens is 577 g/mol. The van der Waals surface area contributed by atoms with Gasteiger partial charge in [-0.3, -0.25) is 14.4 Å². The highest BCUT2D eigenvalue weighted by molar-refractivity contribution is 9.10. The van der Waals surface area contributed by atoms with Crippen molar-refractivity contribution < 1.29 is 19.1 Å². The lowest BCUT2D eigenvalue weighted by atomic mass is 9.77. The van der Waals surface area contributed by atoms with Crippen LogP contribution in [0.5, 0.6) is 0 Å². The number of hydrogen-bond acceptors (Lipinski definition) is 5. The Kier molecular flexibility index (Phi) is 6.17. The topological polar surface area (TPSA) is 101 Å². The molecule has 3 aromatic rings. The van der Waals surface area contributed by atoms with Crippen LogP contribution in [-0.4, -0.2) is 26.3 Å². The minimum Gasteiger partial charge on any atom is -0.377 e. The van der Waals surface area contributed by atoms with Gasteiger partial charge in [0.2, 0.25) is 5.91 Å². The molecule has 3 aliphatic rings. The summed E-state index contributed by atoms with van der Waals surface area (Å²) < 4.78 is 17.1. The SMILES string of the molecule is CC[C@@]1(O)C(=O)CCc2c1cc1n(c2=O)Cc2c-1nc1cc(F)c(Br)c3c1c2[C@@H](NC(=O)[C@H](C)C(C)(C)C)CC3. The highest BCUT2D eigenvalue weighted by Gasteiger charge is 2.44. The summed E-state index contributed by atoms with van der Waals surface area (Å²) in [7, 11) is 0. The molecule has 1 aliphatic heterocycles. The quantitative estimate of drug-likeness (QED) is 0.331. The molecule has 3 heterocycles. The lowest BCUT2D eigenvalue weighted by Crippen LogP contribution is -2.43. The number of carbonyl (C=O) groups excluding carboxylic acids is 2. The van der Waals surface area contributed by atoms with Crippen molar-refractivity contribution in [2.45, 2.75) is 84.9 Å². The van der Waals surface area contributed by atoms with Crippen LogP contribution in [0.3, 0.4) is 0 Å². The van der Waals surface area contributed by atoms with Crippen LogP contribution < -0.4 is 10.9 Å². The first-order valence-electron chi connectivity index (χ1n) is 13.9. The van der Waals surface area contributed by atoms with Crippen LogP contribution in [0.25, 0.3) is 22.3 Å². The molecule has 2 N–H and O–H groups in total. The van der Waals surface area contributed by atoms with Crippen molar-refractivity contribution >= 4 is 38.5 Å². The van der Waals surface area contributed by atoms with Crippen molar-refractivity contribution in [1.29, 1.82) is 0 Å². The van der Waals surface area contributed by atoms with Crippen LogP contribution in [0.1, 0.15) is 87.7 Å². The van der Waals surface area contributed by atoms with Gasteiger partial charge in [0.15, 0.2) is 5.78 Å². The number of carbonyl (C=O) groups is 2. The minimum atomic E-state index is -1.72. The largest absolute Gasteiger partial charge is 0.377 e. The number of pyridine rings is 2. The fourth-order valence-corrected chi connectivity index (χ4v) is 7.08. The van der Waals surface area contributed by atoms with Gasteiger partial charge in [0.05, 0.1) is 34.0 Å². The minimum absolute atomic E-state index is 0.0597. The summed E-state index contributed by atoms with van der Waals surface area (Å²) in [5, 5.41) is 15.4. The summed E-state index contributed by atoms with van der Waals surface area (Å²) >= 11 is 3.44. The smallest absolute Gasteiger partial charge is 0.254 e. The van der Waals surface area contributed by atoms with E-state index in [0.717, 1.165) is 22.1 Å². The molecule has 1 amide bonds. The van der Waals surface area contributed by atoms with Gasteiger partial charge >= 0.3 is 0 Å². The first-order valence-corrected chi connectivity index (χ1v) is 14.7. The van der Waals surface area contributed by atoms with E-state index >= 15 is 4.39 Å². The fourth-order valence-electron chi connectivity index (χ4n) is 6.57. The van der Waals surface area contributed by atoms with E-state index in [1.807, 2.05) is 27.7 Å². The third-order valence-electron chi connectivity index (χ3n) is 9.43. The van der Waals surface area contributed by atoms with Crippen molar-refractivity contribution in [1.82, 2.24) is 14.9 Å². The monoisotopic (exact) mass is 609 g/mol. The number of benzene rings is 1. The van der Waals surface area contributed by atoms with E-state index in [0.29, 0.717) is 45.3 Å². The number of halogens is 2. The van der Waals surface area contributed by atoms with Gasteiger partial charge in [0, 0.05) is 40.5 Å². The molecule has 3 atom stereocenters. The predicted molar refractivity (Wildman–Crippen MR) is 154 cm³/mol. The van der Waals surface area contributed by atoms with E-state index < -0.39 is 11.4 Å². The molecular formula is C31H33BrFN3O4. The number of amides is 1. The zero-order valence-corrected chi connectivity index (χ0v) is 25.0. The summed E-state index contributed by atoms with van der Waals surface area (Å²) in [6.45, 7) is 9.99. The molecule has 0 saturated carbocycles. The summed E-state index contributed by atoms with van der Waals surface area (Å²) in [6.07, 6.45) is 1.69. The van der Waals surface area contributed by atoms with E-state index in [-0.39, 0.29) is 60.4 Å². The van der Waals surface area contributed by atoms with Crippen LogP contribution in [0, 0.1) is 17.2 Å². The molecule has 0 unspecified atom stereocenters. The van der Waals surface area contributed by atoms with Gasteiger partial charge in [0.25, 0.3) is 5.56 Å². The zero-order valence-electron chi connectivity index (χ0n) is 23.4. The molecule has 7 nitrogen and oxygen atoms in total. The van der Waals surface area contributed by atoms with Gasteiger partial charge < -0.3 is 15.0 Å². The van der Waals surface area contributed by atoms with Crippen molar-refractivity contribution in [3.8, 4) is 11.4 Å². The van der Waals surface area contributed by atoms with Crippen molar-refractivity contribution in [3.63, 3.8) is 0 Å². The molecule has 40 heavy (non-hydrogen) atoms. The van der Waals surface area contributed by atoms with Gasteiger partial charge in [-0.25, -0.2) is 9.37 Å². The molecule has 2 aliphatic carbocycles. The lowest BCUT2D eigenvalue weighted by Gasteiger charge is -2.32. The van der Waals surface area contributed by atoms with E-state index in [9.17, 15) is 19.5 Å². The van der Waals surface area contributed by atoms with Gasteiger partial charge in [0.1, 0.15) is 11.4 Å². The van der Waals surface area contributed by atoms with Gasteiger partial charge in [-0.2, -0.15) is 0 Å². The van der Waals surface area contributed by atoms with E-state index in [4.69, 9.17) is 4.98 Å². The maximum Gasteiger partial charge on any atom is 0.254 e. The van der Waals surface area contributed by atoms with Crippen LogP contribution in [0.4, 0.5) is 4.39 Å². The lowest BCUT2D eigenvalue weighted by molar-refractivity contribution is -0.140.